The van der Waals surface area contributed by atoms with Crippen molar-refractivity contribution in [3.05, 3.63) is 75.8 Å². The third kappa shape index (κ3) is 3.14. The zero-order chi connectivity index (χ0) is 16.4. The van der Waals surface area contributed by atoms with E-state index in [2.05, 4.69) is 0 Å². The van der Waals surface area contributed by atoms with Gasteiger partial charge in [0.15, 0.2) is 0 Å². The molecule has 1 aliphatic heterocycles. The third-order valence-electron chi connectivity index (χ3n) is 4.27. The van der Waals surface area contributed by atoms with E-state index in [0.29, 0.717) is 6.42 Å². The van der Waals surface area contributed by atoms with Gasteiger partial charge >= 0.3 is 0 Å². The maximum Gasteiger partial charge on any atom is 0.269 e. The minimum Gasteiger partial charge on any atom is -0.365 e. The van der Waals surface area contributed by atoms with E-state index in [1.54, 1.807) is 19.1 Å². The Morgan fingerprint density at radius 3 is 2.30 bits per heavy atom. The molecule has 0 bridgehead atoms. The number of hydrogen-bond donors (Lipinski definition) is 0. The molecule has 0 amide bonds. The lowest BCUT2D eigenvalue weighted by Crippen LogP contribution is -2.15. The Labute approximate surface area is 134 Å². The number of benzene rings is 2. The van der Waals surface area contributed by atoms with Gasteiger partial charge in [0.05, 0.1) is 23.0 Å². The second-order valence-electron chi connectivity index (χ2n) is 5.76. The minimum atomic E-state index is -0.436. The lowest BCUT2D eigenvalue weighted by atomic mass is 9.90. The van der Waals surface area contributed by atoms with Crippen LogP contribution in [0, 0.1) is 16.0 Å². The molecule has 0 saturated carbocycles. The standard InChI is InChI=1S/C18H17NO4/c1-12(20)16-11-17(13-5-3-2-4-6-13)23-18(16)14-7-9-15(10-8-14)19(21)22/h2-10,16-18H,11H2,1H3/t16-,17+,18+/m1/s1. The normalized spacial score (nSPS) is 23.6. The predicted octanol–water partition coefficient (Wildman–Crippen LogP) is 4.00. The number of carbonyl (C=O) groups excluding carboxylic acids is 1. The Morgan fingerprint density at radius 2 is 1.74 bits per heavy atom. The van der Waals surface area contributed by atoms with Crippen LogP contribution in [0.2, 0.25) is 0 Å². The van der Waals surface area contributed by atoms with Gasteiger partial charge < -0.3 is 4.74 Å². The first kappa shape index (κ1) is 15.4. The van der Waals surface area contributed by atoms with E-state index in [-0.39, 0.29) is 29.6 Å². The number of ketones is 1. The highest BCUT2D eigenvalue weighted by molar-refractivity contribution is 5.79. The molecule has 1 aliphatic rings. The van der Waals surface area contributed by atoms with Crippen LogP contribution in [0.4, 0.5) is 5.69 Å². The number of non-ortho nitro benzene ring substituents is 1. The smallest absolute Gasteiger partial charge is 0.269 e. The Hall–Kier alpha value is -2.53. The van der Waals surface area contributed by atoms with E-state index in [1.807, 2.05) is 30.3 Å². The molecule has 0 spiro atoms. The first-order valence-corrected chi connectivity index (χ1v) is 7.51. The molecule has 0 unspecified atom stereocenters. The highest BCUT2D eigenvalue weighted by Crippen LogP contribution is 2.45. The van der Waals surface area contributed by atoms with Crippen molar-refractivity contribution in [1.29, 1.82) is 0 Å². The van der Waals surface area contributed by atoms with Crippen molar-refractivity contribution >= 4 is 11.5 Å². The van der Waals surface area contributed by atoms with Crippen molar-refractivity contribution in [2.24, 2.45) is 5.92 Å². The number of nitro benzene ring substituents is 1. The van der Waals surface area contributed by atoms with Gasteiger partial charge in [-0.3, -0.25) is 14.9 Å². The van der Waals surface area contributed by atoms with Gasteiger partial charge in [0.1, 0.15) is 5.78 Å². The number of nitrogens with zero attached hydrogens (tertiary/aromatic N) is 1. The van der Waals surface area contributed by atoms with Crippen molar-refractivity contribution < 1.29 is 14.5 Å². The molecule has 1 saturated heterocycles. The summed E-state index contributed by atoms with van der Waals surface area (Å²) in [6, 6.07) is 16.0. The zero-order valence-corrected chi connectivity index (χ0v) is 12.7. The molecule has 3 rings (SSSR count). The summed E-state index contributed by atoms with van der Waals surface area (Å²) in [6.45, 7) is 1.57. The highest BCUT2D eigenvalue weighted by atomic mass is 16.6. The fourth-order valence-electron chi connectivity index (χ4n) is 3.04. The maximum absolute atomic E-state index is 12.0. The zero-order valence-electron chi connectivity index (χ0n) is 12.7. The molecular weight excluding hydrogens is 294 g/mol. The van der Waals surface area contributed by atoms with Crippen LogP contribution in [-0.4, -0.2) is 10.7 Å². The van der Waals surface area contributed by atoms with E-state index in [9.17, 15) is 14.9 Å². The van der Waals surface area contributed by atoms with Gasteiger partial charge in [-0.15, -0.1) is 0 Å². The number of ether oxygens (including phenoxy) is 1. The summed E-state index contributed by atoms with van der Waals surface area (Å²) in [5.74, 6) is -0.159. The first-order valence-electron chi connectivity index (χ1n) is 7.51. The van der Waals surface area contributed by atoms with Crippen molar-refractivity contribution in [3.8, 4) is 0 Å². The van der Waals surface area contributed by atoms with Crippen LogP contribution in [0.5, 0.6) is 0 Å². The van der Waals surface area contributed by atoms with E-state index < -0.39 is 4.92 Å². The molecule has 0 N–H and O–H groups in total. The molecule has 1 heterocycles. The van der Waals surface area contributed by atoms with E-state index in [1.165, 1.54) is 12.1 Å². The van der Waals surface area contributed by atoms with Crippen LogP contribution in [0.25, 0.3) is 0 Å². The molecule has 23 heavy (non-hydrogen) atoms. The van der Waals surface area contributed by atoms with Gasteiger partial charge in [0, 0.05) is 12.1 Å². The lowest BCUT2D eigenvalue weighted by Gasteiger charge is -2.17. The molecule has 3 atom stereocenters. The Bertz CT molecular complexity index is 712. The quantitative estimate of drug-likeness (QED) is 0.632. The van der Waals surface area contributed by atoms with Gasteiger partial charge in [-0.25, -0.2) is 0 Å². The monoisotopic (exact) mass is 311 g/mol. The fourth-order valence-corrected chi connectivity index (χ4v) is 3.04. The molecule has 0 radical (unpaired) electrons. The van der Waals surface area contributed by atoms with Crippen LogP contribution < -0.4 is 0 Å². The minimum absolute atomic E-state index is 0.0331. The third-order valence-corrected chi connectivity index (χ3v) is 4.27. The van der Waals surface area contributed by atoms with Gasteiger partial charge in [0.25, 0.3) is 5.69 Å². The summed E-state index contributed by atoms with van der Waals surface area (Å²) >= 11 is 0. The van der Waals surface area contributed by atoms with Crippen molar-refractivity contribution in [1.82, 2.24) is 0 Å². The van der Waals surface area contributed by atoms with Gasteiger partial charge in [0.2, 0.25) is 0 Å². The molecule has 2 aromatic carbocycles. The van der Waals surface area contributed by atoms with Gasteiger partial charge in [-0.2, -0.15) is 0 Å². The number of Topliss-reactive ketones (excluding diaryl/α,β-unsaturated/α-hetero) is 1. The van der Waals surface area contributed by atoms with E-state index in [0.717, 1.165) is 11.1 Å². The summed E-state index contributed by atoms with van der Waals surface area (Å²) in [5, 5.41) is 10.8. The summed E-state index contributed by atoms with van der Waals surface area (Å²) in [7, 11) is 0. The first-order chi connectivity index (χ1) is 11.1. The molecule has 118 valence electrons. The molecule has 2 aromatic rings. The summed E-state index contributed by atoms with van der Waals surface area (Å²) in [6.07, 6.45) is 0.130. The number of rotatable bonds is 4. The van der Waals surface area contributed by atoms with Crippen molar-refractivity contribution in [3.63, 3.8) is 0 Å². The average molecular weight is 311 g/mol. The molecule has 5 heteroatoms. The SMILES string of the molecule is CC(=O)[C@H]1C[C@@H](c2ccccc2)O[C@H]1c1ccc([N+](=O)[O-])cc1. The van der Waals surface area contributed by atoms with Crippen LogP contribution >= 0.6 is 0 Å². The molecule has 1 fully saturated rings. The summed E-state index contributed by atoms with van der Waals surface area (Å²) in [5.41, 5.74) is 1.88. The summed E-state index contributed by atoms with van der Waals surface area (Å²) in [4.78, 5) is 22.3. The predicted molar refractivity (Wildman–Crippen MR) is 84.9 cm³/mol. The Kier molecular flexibility index (Phi) is 4.21. The van der Waals surface area contributed by atoms with Crippen molar-refractivity contribution in [2.75, 3.05) is 0 Å². The highest BCUT2D eigenvalue weighted by Gasteiger charge is 2.39. The number of nitro groups is 1. The van der Waals surface area contributed by atoms with E-state index >= 15 is 0 Å². The van der Waals surface area contributed by atoms with Crippen molar-refractivity contribution in [2.45, 2.75) is 25.6 Å². The van der Waals surface area contributed by atoms with Crippen LogP contribution in [0.3, 0.4) is 0 Å². The molecule has 0 aromatic heterocycles. The average Bonchev–Trinajstić information content (AvgIpc) is 3.01. The summed E-state index contributed by atoms with van der Waals surface area (Å²) < 4.78 is 6.12. The lowest BCUT2D eigenvalue weighted by molar-refractivity contribution is -0.384. The second-order valence-corrected chi connectivity index (χ2v) is 5.76. The van der Waals surface area contributed by atoms with Crippen LogP contribution in [0.15, 0.2) is 54.6 Å². The van der Waals surface area contributed by atoms with Gasteiger partial charge in [-0.05, 0) is 36.6 Å². The second kappa shape index (κ2) is 6.30. The van der Waals surface area contributed by atoms with Crippen LogP contribution in [0.1, 0.15) is 36.7 Å². The Balaban J connectivity index is 1.87. The van der Waals surface area contributed by atoms with Gasteiger partial charge in [-0.1, -0.05) is 30.3 Å². The largest absolute Gasteiger partial charge is 0.365 e. The van der Waals surface area contributed by atoms with E-state index in [4.69, 9.17) is 4.74 Å². The maximum atomic E-state index is 12.0. The topological polar surface area (TPSA) is 69.4 Å². The number of hydrogen-bond acceptors (Lipinski definition) is 4. The fraction of sp³-hybridized carbons (Fsp3) is 0.278. The number of carbonyl (C=O) groups is 1. The molecule has 5 nitrogen and oxygen atoms in total. The van der Waals surface area contributed by atoms with Crippen LogP contribution in [-0.2, 0) is 9.53 Å². The Morgan fingerprint density at radius 1 is 1.09 bits per heavy atom. The molecule has 0 aliphatic carbocycles. The molecular formula is C18H17NO4.